The molecule has 0 aliphatic heterocycles. The Hall–Kier alpha value is -2.52. The van der Waals surface area contributed by atoms with Crippen molar-refractivity contribution in [2.45, 2.75) is 31.9 Å². The van der Waals surface area contributed by atoms with Crippen LogP contribution in [0.3, 0.4) is 0 Å². The van der Waals surface area contributed by atoms with E-state index >= 15 is 0 Å². The molecule has 2 aromatic carbocycles. The van der Waals surface area contributed by atoms with Gasteiger partial charge < -0.3 is 15.4 Å². The van der Waals surface area contributed by atoms with Crippen molar-refractivity contribution in [2.75, 3.05) is 6.67 Å². The number of hydrogen-bond donors (Lipinski definition) is 2. The van der Waals surface area contributed by atoms with Crippen LogP contribution in [-0.2, 0) is 6.54 Å². The SMILES string of the molecule is NC(=S)c1cccc(-c2cn(CC(C(F)F)C(F)F)c3cc(C(O)CCF)ccc23)c1. The van der Waals surface area contributed by atoms with Gasteiger partial charge in [0.2, 0.25) is 12.9 Å². The number of aromatic nitrogens is 1. The first-order valence-corrected chi connectivity index (χ1v) is 9.97. The lowest BCUT2D eigenvalue weighted by Gasteiger charge is -2.17. The molecule has 3 nitrogen and oxygen atoms in total. The monoisotopic (exact) mass is 456 g/mol. The first kappa shape index (κ1) is 23.1. The van der Waals surface area contributed by atoms with Crippen LogP contribution in [0.2, 0.25) is 0 Å². The smallest absolute Gasteiger partial charge is 0.248 e. The maximum Gasteiger partial charge on any atom is 0.248 e. The Morgan fingerprint density at radius 2 is 1.77 bits per heavy atom. The second-order valence-electron chi connectivity index (χ2n) is 7.24. The lowest BCUT2D eigenvalue weighted by molar-refractivity contribution is -0.0339. The zero-order valence-electron chi connectivity index (χ0n) is 16.3. The number of fused-ring (bicyclic) bond motifs is 1. The summed E-state index contributed by atoms with van der Waals surface area (Å²) >= 11 is 5.01. The summed E-state index contributed by atoms with van der Waals surface area (Å²) in [6.45, 7) is -1.36. The molecule has 0 bridgehead atoms. The molecule has 0 radical (unpaired) electrons. The van der Waals surface area contributed by atoms with Crippen LogP contribution in [0.25, 0.3) is 22.0 Å². The van der Waals surface area contributed by atoms with E-state index in [-0.39, 0.29) is 11.4 Å². The lowest BCUT2D eigenvalue weighted by atomic mass is 10.00. The molecule has 3 N–H and O–H groups in total. The molecule has 0 fully saturated rings. The second-order valence-corrected chi connectivity index (χ2v) is 7.68. The minimum Gasteiger partial charge on any atom is -0.389 e. The summed E-state index contributed by atoms with van der Waals surface area (Å²) in [4.78, 5) is 0.178. The van der Waals surface area contributed by atoms with Gasteiger partial charge in [0.1, 0.15) is 4.99 Å². The summed E-state index contributed by atoms with van der Waals surface area (Å²) in [6, 6.07) is 11.7. The summed E-state index contributed by atoms with van der Waals surface area (Å²) in [6.07, 6.45) is -6.13. The number of alkyl halides is 5. The number of hydrogen-bond acceptors (Lipinski definition) is 2. The number of thiocarbonyl (C=S) groups is 1. The molecule has 0 aliphatic carbocycles. The average molecular weight is 456 g/mol. The van der Waals surface area contributed by atoms with Crippen LogP contribution in [0, 0.1) is 5.92 Å². The molecule has 1 unspecified atom stereocenters. The Balaban J connectivity index is 2.17. The summed E-state index contributed by atoms with van der Waals surface area (Å²) in [5.74, 6) is -2.16. The van der Waals surface area contributed by atoms with E-state index in [1.807, 2.05) is 0 Å². The standard InChI is InChI=1S/C22H21F5N2OS/c23-7-6-19(30)13-4-5-15-16(12-2-1-3-14(8-12)22(28)31)10-29(18(15)9-13)11-17(20(24)25)21(26)27/h1-5,8-10,17,19-21,30H,6-7,11H2,(H2,28,31). The van der Waals surface area contributed by atoms with Gasteiger partial charge in [-0.25, -0.2) is 17.6 Å². The number of aliphatic hydroxyl groups is 1. The van der Waals surface area contributed by atoms with E-state index < -0.39 is 38.1 Å². The molecule has 0 spiro atoms. The third kappa shape index (κ3) is 5.04. The van der Waals surface area contributed by atoms with E-state index in [1.54, 1.807) is 36.4 Å². The Morgan fingerprint density at radius 3 is 2.39 bits per heavy atom. The fourth-order valence-corrected chi connectivity index (χ4v) is 3.63. The van der Waals surface area contributed by atoms with Crippen LogP contribution in [0.4, 0.5) is 22.0 Å². The molecule has 1 atom stereocenters. The van der Waals surface area contributed by atoms with Gasteiger partial charge in [0.25, 0.3) is 0 Å². The minimum absolute atomic E-state index is 0.133. The molecule has 0 saturated carbocycles. The predicted octanol–water partition coefficient (Wildman–Crippen LogP) is 5.48. The zero-order chi connectivity index (χ0) is 22.7. The number of nitrogens with zero attached hydrogens (tertiary/aromatic N) is 1. The fraction of sp³-hybridized carbons (Fsp3) is 0.318. The van der Waals surface area contributed by atoms with Gasteiger partial charge in [0, 0.05) is 41.2 Å². The Bertz CT molecular complexity index is 1060. The van der Waals surface area contributed by atoms with Gasteiger partial charge in [0.15, 0.2) is 0 Å². The summed E-state index contributed by atoms with van der Waals surface area (Å²) < 4.78 is 66.8. The molecule has 1 aromatic heterocycles. The highest BCUT2D eigenvalue weighted by Crippen LogP contribution is 2.35. The zero-order valence-corrected chi connectivity index (χ0v) is 17.1. The number of aliphatic hydroxyl groups excluding tert-OH is 1. The summed E-state index contributed by atoms with van der Waals surface area (Å²) in [5.41, 5.74) is 8.34. The van der Waals surface area contributed by atoms with Gasteiger partial charge in [-0.05, 0) is 23.3 Å². The van der Waals surface area contributed by atoms with E-state index in [0.717, 1.165) is 0 Å². The maximum atomic E-state index is 13.2. The molecular weight excluding hydrogens is 435 g/mol. The normalized spacial score (nSPS) is 12.9. The lowest BCUT2D eigenvalue weighted by Crippen LogP contribution is -2.25. The molecule has 3 rings (SSSR count). The summed E-state index contributed by atoms with van der Waals surface area (Å²) in [5, 5.41) is 10.7. The van der Waals surface area contributed by atoms with Crippen molar-refractivity contribution in [1.29, 1.82) is 0 Å². The number of nitrogens with two attached hydrogens (primary N) is 1. The largest absolute Gasteiger partial charge is 0.389 e. The van der Waals surface area contributed by atoms with E-state index in [4.69, 9.17) is 18.0 Å². The van der Waals surface area contributed by atoms with Crippen LogP contribution in [-0.4, -0.2) is 34.2 Å². The number of rotatable bonds is 9. The van der Waals surface area contributed by atoms with Crippen molar-refractivity contribution in [2.24, 2.45) is 11.7 Å². The fourth-order valence-electron chi connectivity index (χ4n) is 3.50. The molecule has 9 heteroatoms. The van der Waals surface area contributed by atoms with E-state index in [9.17, 15) is 27.1 Å². The van der Waals surface area contributed by atoms with Crippen molar-refractivity contribution in [3.8, 4) is 11.1 Å². The molecule has 0 amide bonds. The Kier molecular flexibility index (Phi) is 7.27. The van der Waals surface area contributed by atoms with Gasteiger partial charge in [-0.15, -0.1) is 0 Å². The van der Waals surface area contributed by atoms with Crippen molar-refractivity contribution >= 4 is 28.1 Å². The quantitative estimate of drug-likeness (QED) is 0.331. The van der Waals surface area contributed by atoms with E-state index in [1.165, 1.54) is 16.8 Å². The van der Waals surface area contributed by atoms with Crippen molar-refractivity contribution in [1.82, 2.24) is 4.57 Å². The van der Waals surface area contributed by atoms with Crippen molar-refractivity contribution < 1.29 is 27.1 Å². The topological polar surface area (TPSA) is 51.2 Å². The maximum absolute atomic E-state index is 13.2. The highest BCUT2D eigenvalue weighted by Gasteiger charge is 2.31. The molecule has 31 heavy (non-hydrogen) atoms. The molecular formula is C22H21F5N2OS. The summed E-state index contributed by atoms with van der Waals surface area (Å²) in [7, 11) is 0. The van der Waals surface area contributed by atoms with Crippen molar-refractivity contribution in [3.05, 3.63) is 59.8 Å². The highest BCUT2D eigenvalue weighted by atomic mass is 32.1. The van der Waals surface area contributed by atoms with Gasteiger partial charge in [-0.1, -0.05) is 42.5 Å². The van der Waals surface area contributed by atoms with Gasteiger partial charge in [-0.2, -0.15) is 0 Å². The van der Waals surface area contributed by atoms with Crippen molar-refractivity contribution in [3.63, 3.8) is 0 Å². The molecule has 3 aromatic rings. The first-order valence-electron chi connectivity index (χ1n) is 9.56. The van der Waals surface area contributed by atoms with Crippen LogP contribution < -0.4 is 5.73 Å². The minimum atomic E-state index is -3.21. The molecule has 0 saturated heterocycles. The average Bonchev–Trinajstić information content (AvgIpc) is 3.09. The van der Waals surface area contributed by atoms with Gasteiger partial charge in [0.05, 0.1) is 18.7 Å². The van der Waals surface area contributed by atoms with Crippen LogP contribution in [0.15, 0.2) is 48.7 Å². The first-order chi connectivity index (χ1) is 14.7. The van der Waals surface area contributed by atoms with E-state index in [0.29, 0.717) is 33.2 Å². The van der Waals surface area contributed by atoms with E-state index in [2.05, 4.69) is 0 Å². The third-order valence-electron chi connectivity index (χ3n) is 5.19. The van der Waals surface area contributed by atoms with Gasteiger partial charge >= 0.3 is 0 Å². The van der Waals surface area contributed by atoms with Crippen LogP contribution in [0.1, 0.15) is 23.7 Å². The molecule has 1 heterocycles. The second kappa shape index (κ2) is 9.74. The number of benzene rings is 2. The Morgan fingerprint density at radius 1 is 1.06 bits per heavy atom. The molecule has 166 valence electrons. The van der Waals surface area contributed by atoms with Gasteiger partial charge in [-0.3, -0.25) is 4.39 Å². The third-order valence-corrected chi connectivity index (χ3v) is 5.42. The van der Waals surface area contributed by atoms with Crippen LogP contribution >= 0.6 is 12.2 Å². The molecule has 0 aliphatic rings. The highest BCUT2D eigenvalue weighted by molar-refractivity contribution is 7.80. The van der Waals surface area contributed by atoms with Crippen LogP contribution in [0.5, 0.6) is 0 Å². The predicted molar refractivity (Wildman–Crippen MR) is 114 cm³/mol. The number of halogens is 5. The Labute approximate surface area is 181 Å².